The summed E-state index contributed by atoms with van der Waals surface area (Å²) in [6.07, 6.45) is 1.89. The second-order valence-corrected chi connectivity index (χ2v) is 5.15. The van der Waals surface area contributed by atoms with Gasteiger partial charge in [-0.2, -0.15) is 0 Å². The van der Waals surface area contributed by atoms with Crippen LogP contribution in [0.2, 0.25) is 0 Å². The molecule has 76 valence electrons. The third-order valence-electron chi connectivity index (χ3n) is 2.26. The summed E-state index contributed by atoms with van der Waals surface area (Å²) in [7, 11) is -3.73. The van der Waals surface area contributed by atoms with Crippen LogP contribution in [0.5, 0.6) is 0 Å². The summed E-state index contributed by atoms with van der Waals surface area (Å²) in [5, 5.41) is 3.77. The SMILES string of the molecule is C[C@H](C(=O)N1CCCC1)S(N)(=O)=O. The lowest BCUT2D eigenvalue weighted by molar-refractivity contribution is -0.129. The van der Waals surface area contributed by atoms with E-state index in [1.165, 1.54) is 6.92 Å². The first-order valence-electron chi connectivity index (χ1n) is 4.23. The van der Waals surface area contributed by atoms with Crippen molar-refractivity contribution in [2.45, 2.75) is 25.0 Å². The minimum atomic E-state index is -3.73. The largest absolute Gasteiger partial charge is 0.342 e. The highest BCUT2D eigenvalue weighted by Crippen LogP contribution is 2.11. The smallest absolute Gasteiger partial charge is 0.242 e. The Morgan fingerprint density at radius 2 is 1.85 bits per heavy atom. The molecule has 1 fully saturated rings. The van der Waals surface area contributed by atoms with E-state index >= 15 is 0 Å². The van der Waals surface area contributed by atoms with Crippen LogP contribution in [0.15, 0.2) is 0 Å². The van der Waals surface area contributed by atoms with E-state index in [1.54, 1.807) is 4.90 Å². The van der Waals surface area contributed by atoms with Gasteiger partial charge in [-0.05, 0) is 19.8 Å². The van der Waals surface area contributed by atoms with E-state index in [1.807, 2.05) is 0 Å². The quantitative estimate of drug-likeness (QED) is 0.647. The highest BCUT2D eigenvalue weighted by molar-refractivity contribution is 7.90. The summed E-state index contributed by atoms with van der Waals surface area (Å²) in [5.41, 5.74) is 0. The number of carbonyl (C=O) groups is 1. The molecule has 0 aliphatic carbocycles. The Morgan fingerprint density at radius 3 is 2.23 bits per heavy atom. The van der Waals surface area contributed by atoms with Crippen LogP contribution in [0.25, 0.3) is 0 Å². The molecule has 1 saturated heterocycles. The van der Waals surface area contributed by atoms with Gasteiger partial charge in [0.1, 0.15) is 0 Å². The summed E-state index contributed by atoms with van der Waals surface area (Å²) in [4.78, 5) is 13.0. The molecule has 13 heavy (non-hydrogen) atoms. The number of amides is 1. The van der Waals surface area contributed by atoms with E-state index in [2.05, 4.69) is 0 Å². The van der Waals surface area contributed by atoms with Crippen LogP contribution in [0.1, 0.15) is 19.8 Å². The number of hydrogen-bond acceptors (Lipinski definition) is 3. The normalized spacial score (nSPS) is 20.3. The molecule has 1 atom stereocenters. The molecule has 0 aromatic heterocycles. The van der Waals surface area contributed by atoms with Crippen molar-refractivity contribution >= 4 is 15.9 Å². The van der Waals surface area contributed by atoms with Crippen molar-refractivity contribution < 1.29 is 13.2 Å². The Balaban J connectivity index is 2.67. The fraction of sp³-hybridized carbons (Fsp3) is 0.857. The zero-order chi connectivity index (χ0) is 10.1. The molecule has 1 aliphatic heterocycles. The summed E-state index contributed by atoms with van der Waals surface area (Å²) < 4.78 is 21.7. The van der Waals surface area contributed by atoms with Crippen molar-refractivity contribution in [3.8, 4) is 0 Å². The Morgan fingerprint density at radius 1 is 1.38 bits per heavy atom. The molecule has 0 saturated carbocycles. The molecule has 1 heterocycles. The minimum absolute atomic E-state index is 0.375. The molecule has 0 aromatic carbocycles. The van der Waals surface area contributed by atoms with E-state index in [0.717, 1.165) is 12.8 Å². The third-order valence-corrected chi connectivity index (χ3v) is 3.45. The number of nitrogens with two attached hydrogens (primary N) is 1. The van der Waals surface area contributed by atoms with Crippen LogP contribution in [-0.4, -0.2) is 37.6 Å². The second kappa shape index (κ2) is 3.63. The molecule has 5 nitrogen and oxygen atoms in total. The first kappa shape index (κ1) is 10.5. The predicted molar refractivity (Wildman–Crippen MR) is 48.4 cm³/mol. The van der Waals surface area contributed by atoms with Crippen LogP contribution in [-0.2, 0) is 14.8 Å². The average molecular weight is 206 g/mol. The van der Waals surface area contributed by atoms with Gasteiger partial charge in [-0.25, -0.2) is 13.6 Å². The lowest BCUT2D eigenvalue weighted by Crippen LogP contribution is -2.42. The van der Waals surface area contributed by atoms with Crippen LogP contribution in [0.4, 0.5) is 0 Å². The fourth-order valence-electron chi connectivity index (χ4n) is 1.34. The van der Waals surface area contributed by atoms with E-state index in [0.29, 0.717) is 13.1 Å². The highest BCUT2D eigenvalue weighted by atomic mass is 32.2. The molecule has 2 N–H and O–H groups in total. The standard InChI is InChI=1S/C7H14N2O3S/c1-6(13(8,11)12)7(10)9-4-2-3-5-9/h6H,2-5H2,1H3,(H2,8,11,12)/t6-/m1/s1. The van der Waals surface area contributed by atoms with Crippen LogP contribution in [0, 0.1) is 0 Å². The average Bonchev–Trinajstić information content (AvgIpc) is 2.51. The van der Waals surface area contributed by atoms with Gasteiger partial charge in [0.15, 0.2) is 5.25 Å². The van der Waals surface area contributed by atoms with Gasteiger partial charge in [0.05, 0.1) is 0 Å². The molecular formula is C7H14N2O3S. The molecule has 1 rings (SSSR count). The summed E-state index contributed by atoms with van der Waals surface area (Å²) in [6.45, 7) is 2.63. The number of nitrogens with zero attached hydrogens (tertiary/aromatic N) is 1. The number of primary sulfonamides is 1. The number of sulfonamides is 1. The van der Waals surface area contributed by atoms with Crippen molar-refractivity contribution in [3.63, 3.8) is 0 Å². The summed E-state index contributed by atoms with van der Waals surface area (Å²) in [5.74, 6) is -0.375. The molecular weight excluding hydrogens is 192 g/mol. The maximum Gasteiger partial charge on any atom is 0.242 e. The Bertz CT molecular complexity index is 293. The van der Waals surface area contributed by atoms with Crippen molar-refractivity contribution in [2.24, 2.45) is 5.14 Å². The fourth-order valence-corrected chi connectivity index (χ4v) is 1.77. The molecule has 0 aromatic rings. The van der Waals surface area contributed by atoms with Gasteiger partial charge in [0, 0.05) is 13.1 Å². The first-order chi connectivity index (χ1) is 5.93. The first-order valence-corrected chi connectivity index (χ1v) is 5.84. The lowest BCUT2D eigenvalue weighted by Gasteiger charge is -2.18. The maximum atomic E-state index is 11.5. The van der Waals surface area contributed by atoms with Gasteiger partial charge in [-0.1, -0.05) is 0 Å². The summed E-state index contributed by atoms with van der Waals surface area (Å²) in [6, 6.07) is 0. The Kier molecular flexibility index (Phi) is 2.92. The highest BCUT2D eigenvalue weighted by Gasteiger charge is 2.30. The monoisotopic (exact) mass is 206 g/mol. The number of rotatable bonds is 2. The number of carbonyl (C=O) groups excluding carboxylic acids is 1. The zero-order valence-electron chi connectivity index (χ0n) is 7.56. The van der Waals surface area contributed by atoms with E-state index in [-0.39, 0.29) is 5.91 Å². The maximum absolute atomic E-state index is 11.5. The van der Waals surface area contributed by atoms with Crippen molar-refractivity contribution in [1.82, 2.24) is 4.90 Å². The van der Waals surface area contributed by atoms with E-state index in [4.69, 9.17) is 5.14 Å². The van der Waals surface area contributed by atoms with Gasteiger partial charge in [-0.3, -0.25) is 4.79 Å². The van der Waals surface area contributed by atoms with Crippen LogP contribution >= 0.6 is 0 Å². The number of likely N-dealkylation sites (tertiary alicyclic amines) is 1. The van der Waals surface area contributed by atoms with Gasteiger partial charge < -0.3 is 4.90 Å². The van der Waals surface area contributed by atoms with Crippen molar-refractivity contribution in [2.75, 3.05) is 13.1 Å². The molecule has 0 bridgehead atoms. The third kappa shape index (κ3) is 2.41. The topological polar surface area (TPSA) is 80.5 Å². The zero-order valence-corrected chi connectivity index (χ0v) is 8.38. The molecule has 0 unspecified atom stereocenters. The van der Waals surface area contributed by atoms with Gasteiger partial charge in [0.25, 0.3) is 0 Å². The molecule has 0 radical (unpaired) electrons. The minimum Gasteiger partial charge on any atom is -0.342 e. The van der Waals surface area contributed by atoms with Crippen molar-refractivity contribution in [1.29, 1.82) is 0 Å². The van der Waals surface area contributed by atoms with Crippen LogP contribution in [0.3, 0.4) is 0 Å². The second-order valence-electron chi connectivity index (χ2n) is 3.26. The van der Waals surface area contributed by atoms with E-state index in [9.17, 15) is 13.2 Å². The van der Waals surface area contributed by atoms with Crippen LogP contribution < -0.4 is 5.14 Å². The molecule has 6 heteroatoms. The molecule has 1 aliphatic rings. The lowest BCUT2D eigenvalue weighted by atomic mass is 10.4. The molecule has 0 spiro atoms. The number of hydrogen-bond donors (Lipinski definition) is 1. The van der Waals surface area contributed by atoms with E-state index < -0.39 is 15.3 Å². The van der Waals surface area contributed by atoms with Gasteiger partial charge in [-0.15, -0.1) is 0 Å². The molecule has 1 amide bonds. The Hall–Kier alpha value is -0.620. The summed E-state index contributed by atoms with van der Waals surface area (Å²) >= 11 is 0. The van der Waals surface area contributed by atoms with Gasteiger partial charge >= 0.3 is 0 Å². The van der Waals surface area contributed by atoms with Crippen molar-refractivity contribution in [3.05, 3.63) is 0 Å². The Labute approximate surface area is 77.9 Å². The van der Waals surface area contributed by atoms with Gasteiger partial charge in [0.2, 0.25) is 15.9 Å². The predicted octanol–water partition coefficient (Wildman–Crippen LogP) is -0.714.